The average Bonchev–Trinajstić information content (AvgIpc) is 2.80. The number of hydrogen-bond acceptors (Lipinski definition) is 4. The Hall–Kier alpha value is -0.200. The largest absolute Gasteiger partial charge is 0.271 e. The van der Waals surface area contributed by atoms with Gasteiger partial charge in [-0.25, -0.2) is 5.43 Å². The fourth-order valence-corrected chi connectivity index (χ4v) is 3.65. The Kier molecular flexibility index (Phi) is 3.35. The third-order valence-electron chi connectivity index (χ3n) is 1.95. The molecule has 1 unspecified atom stereocenters. The molecule has 0 saturated carbocycles. The van der Waals surface area contributed by atoms with Crippen molar-refractivity contribution in [2.24, 2.45) is 5.84 Å². The third kappa shape index (κ3) is 1.92. The van der Waals surface area contributed by atoms with Crippen molar-refractivity contribution in [3.05, 3.63) is 43.2 Å². The summed E-state index contributed by atoms with van der Waals surface area (Å²) in [6.45, 7) is 0. The lowest BCUT2D eigenvalue weighted by Crippen LogP contribution is -2.28. The quantitative estimate of drug-likeness (QED) is 0.673. The molecule has 14 heavy (non-hydrogen) atoms. The molecule has 2 aromatic rings. The number of hydrogen-bond donors (Lipinski definition) is 2. The minimum absolute atomic E-state index is 0.0932. The Bertz CT molecular complexity index is 397. The van der Waals surface area contributed by atoms with Crippen LogP contribution in [0.25, 0.3) is 0 Å². The number of rotatable bonds is 3. The minimum Gasteiger partial charge on any atom is -0.271 e. The summed E-state index contributed by atoms with van der Waals surface area (Å²) in [4.78, 5) is 1.21. The highest BCUT2D eigenvalue weighted by Crippen LogP contribution is 2.33. The Balaban J connectivity index is 2.36. The lowest BCUT2D eigenvalue weighted by Gasteiger charge is -2.13. The number of nitrogens with one attached hydrogen (secondary N) is 1. The minimum atomic E-state index is 0.0932. The van der Waals surface area contributed by atoms with Gasteiger partial charge in [0.2, 0.25) is 0 Å². The van der Waals surface area contributed by atoms with E-state index in [9.17, 15) is 0 Å². The lowest BCUT2D eigenvalue weighted by molar-refractivity contribution is 0.646. The van der Waals surface area contributed by atoms with Crippen LogP contribution >= 0.6 is 38.6 Å². The highest BCUT2D eigenvalue weighted by atomic mass is 79.9. The van der Waals surface area contributed by atoms with Crippen LogP contribution in [0.3, 0.4) is 0 Å². The smallest absolute Gasteiger partial charge is 0.0821 e. The normalized spacial score (nSPS) is 13.0. The highest BCUT2D eigenvalue weighted by molar-refractivity contribution is 9.10. The van der Waals surface area contributed by atoms with Gasteiger partial charge in [0.15, 0.2) is 0 Å². The van der Waals surface area contributed by atoms with Crippen LogP contribution in [0, 0.1) is 0 Å². The summed E-state index contributed by atoms with van der Waals surface area (Å²) in [6.07, 6.45) is 0. The lowest BCUT2D eigenvalue weighted by atomic mass is 10.1. The van der Waals surface area contributed by atoms with Crippen molar-refractivity contribution >= 4 is 38.6 Å². The first kappa shape index (κ1) is 10.3. The summed E-state index contributed by atoms with van der Waals surface area (Å²) >= 11 is 6.89. The van der Waals surface area contributed by atoms with Crippen LogP contribution in [0.4, 0.5) is 0 Å². The molecule has 2 nitrogen and oxygen atoms in total. The number of halogens is 1. The molecule has 0 aliphatic rings. The van der Waals surface area contributed by atoms with Crippen LogP contribution in [-0.4, -0.2) is 0 Å². The van der Waals surface area contributed by atoms with E-state index >= 15 is 0 Å². The molecule has 3 N–H and O–H groups in total. The summed E-state index contributed by atoms with van der Waals surface area (Å²) < 4.78 is 1.11. The molecule has 0 radical (unpaired) electrons. The predicted octanol–water partition coefficient (Wildman–Crippen LogP) is 3.12. The van der Waals surface area contributed by atoms with Gasteiger partial charge in [-0.1, -0.05) is 0 Å². The predicted molar refractivity (Wildman–Crippen MR) is 65.5 cm³/mol. The fraction of sp³-hybridized carbons (Fsp3) is 0.111. The van der Waals surface area contributed by atoms with Crippen molar-refractivity contribution in [1.82, 2.24) is 5.43 Å². The van der Waals surface area contributed by atoms with Gasteiger partial charge in [-0.3, -0.25) is 5.84 Å². The summed E-state index contributed by atoms with van der Waals surface area (Å²) in [6, 6.07) is 4.22. The Labute approximate surface area is 98.9 Å². The van der Waals surface area contributed by atoms with Crippen molar-refractivity contribution in [1.29, 1.82) is 0 Å². The number of hydrazine groups is 1. The molecule has 0 bridgehead atoms. The molecular weight excluding hydrogens is 280 g/mol. The first-order valence-corrected chi connectivity index (χ1v) is 6.65. The molecule has 0 aromatic carbocycles. The van der Waals surface area contributed by atoms with Gasteiger partial charge in [0, 0.05) is 9.35 Å². The van der Waals surface area contributed by atoms with Gasteiger partial charge in [0.1, 0.15) is 0 Å². The molecule has 0 amide bonds. The second kappa shape index (κ2) is 4.55. The zero-order valence-corrected chi connectivity index (χ0v) is 10.5. The molecule has 0 spiro atoms. The third-order valence-corrected chi connectivity index (χ3v) is 4.59. The van der Waals surface area contributed by atoms with E-state index in [0.717, 1.165) is 4.47 Å². The van der Waals surface area contributed by atoms with Crippen LogP contribution in [0.5, 0.6) is 0 Å². The van der Waals surface area contributed by atoms with Gasteiger partial charge in [0.25, 0.3) is 0 Å². The van der Waals surface area contributed by atoms with E-state index < -0.39 is 0 Å². The first-order chi connectivity index (χ1) is 6.83. The van der Waals surface area contributed by atoms with E-state index in [-0.39, 0.29) is 6.04 Å². The van der Waals surface area contributed by atoms with Gasteiger partial charge in [0.05, 0.1) is 6.04 Å². The summed E-state index contributed by atoms with van der Waals surface area (Å²) in [5.74, 6) is 5.56. The van der Waals surface area contributed by atoms with Crippen molar-refractivity contribution in [2.75, 3.05) is 0 Å². The molecule has 0 aliphatic heterocycles. The topological polar surface area (TPSA) is 38.0 Å². The van der Waals surface area contributed by atoms with Crippen molar-refractivity contribution < 1.29 is 0 Å². The summed E-state index contributed by atoms with van der Waals surface area (Å²) in [5.41, 5.74) is 4.04. The Morgan fingerprint density at radius 2 is 2.21 bits per heavy atom. The molecule has 2 heterocycles. The average molecular weight is 289 g/mol. The van der Waals surface area contributed by atoms with Gasteiger partial charge in [-0.2, -0.15) is 11.3 Å². The second-order valence-corrected chi connectivity index (χ2v) is 5.37. The van der Waals surface area contributed by atoms with Crippen LogP contribution in [0.1, 0.15) is 16.5 Å². The van der Waals surface area contributed by atoms with Crippen molar-refractivity contribution in [2.45, 2.75) is 6.04 Å². The molecule has 1 atom stereocenters. The molecular formula is C9H9BrN2S2. The maximum absolute atomic E-state index is 5.56. The fourth-order valence-electron chi connectivity index (χ4n) is 1.27. The van der Waals surface area contributed by atoms with Crippen LogP contribution < -0.4 is 11.3 Å². The Morgan fingerprint density at radius 1 is 1.36 bits per heavy atom. The van der Waals surface area contributed by atoms with Gasteiger partial charge in [-0.05, 0) is 49.8 Å². The monoisotopic (exact) mass is 288 g/mol. The van der Waals surface area contributed by atoms with Crippen molar-refractivity contribution in [3.8, 4) is 0 Å². The van der Waals surface area contributed by atoms with E-state index in [2.05, 4.69) is 43.6 Å². The molecule has 2 rings (SSSR count). The molecule has 74 valence electrons. The van der Waals surface area contributed by atoms with E-state index in [1.807, 2.05) is 6.07 Å². The molecule has 5 heteroatoms. The highest BCUT2D eigenvalue weighted by Gasteiger charge is 2.16. The van der Waals surface area contributed by atoms with Crippen molar-refractivity contribution in [3.63, 3.8) is 0 Å². The van der Waals surface area contributed by atoms with Crippen LogP contribution in [-0.2, 0) is 0 Å². The maximum Gasteiger partial charge on any atom is 0.0821 e. The van der Waals surface area contributed by atoms with Gasteiger partial charge in [-0.15, -0.1) is 11.3 Å². The van der Waals surface area contributed by atoms with E-state index in [1.165, 1.54) is 10.4 Å². The standard InChI is InChI=1S/C9H9BrN2S2/c10-7-2-4-14-9(7)8(12-11)6-1-3-13-5-6/h1-5,8,12H,11H2. The van der Waals surface area contributed by atoms with E-state index in [4.69, 9.17) is 5.84 Å². The SMILES string of the molecule is NNC(c1ccsc1)c1sccc1Br. The first-order valence-electron chi connectivity index (χ1n) is 4.04. The zero-order chi connectivity index (χ0) is 9.97. The second-order valence-electron chi connectivity index (χ2n) is 2.79. The van der Waals surface area contributed by atoms with Crippen LogP contribution in [0.15, 0.2) is 32.7 Å². The molecule has 0 aliphatic carbocycles. The molecule has 0 fully saturated rings. The maximum atomic E-state index is 5.56. The van der Waals surface area contributed by atoms with Gasteiger partial charge < -0.3 is 0 Å². The Morgan fingerprint density at radius 3 is 2.71 bits per heavy atom. The number of thiophene rings is 2. The van der Waals surface area contributed by atoms with E-state index in [1.54, 1.807) is 22.7 Å². The molecule has 0 saturated heterocycles. The molecule has 2 aromatic heterocycles. The van der Waals surface area contributed by atoms with Crippen LogP contribution in [0.2, 0.25) is 0 Å². The summed E-state index contributed by atoms with van der Waals surface area (Å²) in [5, 5.41) is 6.22. The van der Waals surface area contributed by atoms with E-state index in [0.29, 0.717) is 0 Å². The van der Waals surface area contributed by atoms with Gasteiger partial charge >= 0.3 is 0 Å². The number of nitrogens with two attached hydrogens (primary N) is 1. The summed E-state index contributed by atoms with van der Waals surface area (Å²) in [7, 11) is 0. The zero-order valence-electron chi connectivity index (χ0n) is 7.24.